The van der Waals surface area contributed by atoms with Crippen LogP contribution in [0, 0.1) is 0 Å². The molecule has 0 bridgehead atoms. The number of piperidine rings is 1. The van der Waals surface area contributed by atoms with Gasteiger partial charge in [0.1, 0.15) is 0 Å². The third-order valence-corrected chi connectivity index (χ3v) is 5.05. The summed E-state index contributed by atoms with van der Waals surface area (Å²) in [6.45, 7) is 2.26. The Balaban J connectivity index is 0.00000288. The van der Waals surface area contributed by atoms with Gasteiger partial charge in [-0.2, -0.15) is 0 Å². The van der Waals surface area contributed by atoms with Crippen LogP contribution in [-0.4, -0.2) is 55.6 Å². The van der Waals surface area contributed by atoms with Gasteiger partial charge in [-0.05, 0) is 39.2 Å². The molecule has 24 heavy (non-hydrogen) atoms. The van der Waals surface area contributed by atoms with E-state index in [1.54, 1.807) is 0 Å². The van der Waals surface area contributed by atoms with Crippen LogP contribution in [-0.2, 0) is 4.79 Å². The molecule has 0 aromatic carbocycles. The maximum atomic E-state index is 12.1. The lowest BCUT2D eigenvalue weighted by atomic mass is 9.96. The maximum Gasteiger partial charge on any atom is 0.315 e. The number of halogens is 1. The lowest BCUT2D eigenvalue weighted by molar-refractivity contribution is -0.132. The summed E-state index contributed by atoms with van der Waals surface area (Å²) in [6, 6.07) is 0.794. The van der Waals surface area contributed by atoms with Gasteiger partial charge in [-0.1, -0.05) is 19.3 Å². The van der Waals surface area contributed by atoms with Crippen LogP contribution < -0.4 is 16.0 Å². The first-order valence-corrected chi connectivity index (χ1v) is 9.18. The average Bonchev–Trinajstić information content (AvgIpc) is 2.59. The Labute approximate surface area is 151 Å². The third kappa shape index (κ3) is 7.26. The zero-order chi connectivity index (χ0) is 16.5. The number of nitrogens with one attached hydrogen (secondary N) is 3. The van der Waals surface area contributed by atoms with Gasteiger partial charge >= 0.3 is 6.03 Å². The number of rotatable bonds is 6. The van der Waals surface area contributed by atoms with Crippen LogP contribution in [0.1, 0.15) is 57.8 Å². The van der Waals surface area contributed by atoms with Gasteiger partial charge < -0.3 is 20.9 Å². The van der Waals surface area contributed by atoms with E-state index in [1.165, 1.54) is 19.3 Å². The lowest BCUT2D eigenvalue weighted by Gasteiger charge is -2.31. The Morgan fingerprint density at radius 2 is 1.67 bits per heavy atom. The van der Waals surface area contributed by atoms with Crippen molar-refractivity contribution >= 4 is 24.3 Å². The largest absolute Gasteiger partial charge is 0.343 e. The Morgan fingerprint density at radius 1 is 1.00 bits per heavy atom. The summed E-state index contributed by atoms with van der Waals surface area (Å²) < 4.78 is 0. The predicted octanol–water partition coefficient (Wildman–Crippen LogP) is 2.03. The van der Waals surface area contributed by atoms with E-state index in [2.05, 4.69) is 16.0 Å². The van der Waals surface area contributed by atoms with Crippen LogP contribution in [0.25, 0.3) is 0 Å². The van der Waals surface area contributed by atoms with Crippen LogP contribution >= 0.6 is 12.4 Å². The van der Waals surface area contributed by atoms with Crippen molar-refractivity contribution in [3.05, 3.63) is 0 Å². The van der Waals surface area contributed by atoms with E-state index >= 15 is 0 Å². The van der Waals surface area contributed by atoms with Gasteiger partial charge in [0, 0.05) is 38.1 Å². The number of urea groups is 1. The van der Waals surface area contributed by atoms with Gasteiger partial charge in [-0.3, -0.25) is 4.79 Å². The monoisotopic (exact) mass is 360 g/mol. The smallest absolute Gasteiger partial charge is 0.315 e. The summed E-state index contributed by atoms with van der Waals surface area (Å²) in [4.78, 5) is 25.9. The number of hydrogen-bond donors (Lipinski definition) is 3. The zero-order valence-electron chi connectivity index (χ0n) is 14.8. The maximum absolute atomic E-state index is 12.1. The number of nitrogens with zero attached hydrogens (tertiary/aromatic N) is 1. The van der Waals surface area contributed by atoms with Gasteiger partial charge in [0.2, 0.25) is 5.91 Å². The lowest BCUT2D eigenvalue weighted by Crippen LogP contribution is -2.44. The molecular formula is C17H33ClN4O2. The summed E-state index contributed by atoms with van der Waals surface area (Å²) in [6.07, 6.45) is 9.19. The Bertz CT molecular complexity index is 381. The van der Waals surface area contributed by atoms with Crippen LogP contribution in [0.5, 0.6) is 0 Å². The van der Waals surface area contributed by atoms with Gasteiger partial charge in [-0.15, -0.1) is 12.4 Å². The van der Waals surface area contributed by atoms with E-state index in [1.807, 2.05) is 11.9 Å². The van der Waals surface area contributed by atoms with Crippen molar-refractivity contribution in [3.8, 4) is 0 Å². The van der Waals surface area contributed by atoms with E-state index in [-0.39, 0.29) is 24.3 Å². The molecule has 1 heterocycles. The first-order valence-electron chi connectivity index (χ1n) is 9.18. The Morgan fingerprint density at radius 3 is 2.29 bits per heavy atom. The zero-order valence-corrected chi connectivity index (χ0v) is 15.6. The SMILES string of the molecule is CNC1CCN(C(=O)CCCNC(=O)NC2CCCCC2)CC1.Cl. The number of carbonyl (C=O) groups is 2. The highest BCUT2D eigenvalue weighted by Crippen LogP contribution is 2.17. The minimum Gasteiger partial charge on any atom is -0.343 e. The van der Waals surface area contributed by atoms with Gasteiger partial charge in [-0.25, -0.2) is 4.79 Å². The van der Waals surface area contributed by atoms with Crippen molar-refractivity contribution in [1.29, 1.82) is 0 Å². The highest BCUT2D eigenvalue weighted by atomic mass is 35.5. The molecule has 0 aromatic rings. The first-order chi connectivity index (χ1) is 11.2. The van der Waals surface area contributed by atoms with Crippen LogP contribution in [0.3, 0.4) is 0 Å². The highest BCUT2D eigenvalue weighted by molar-refractivity contribution is 5.85. The second kappa shape index (κ2) is 11.5. The molecule has 7 heteroatoms. The quantitative estimate of drug-likeness (QED) is 0.634. The topological polar surface area (TPSA) is 73.5 Å². The standard InChI is InChI=1S/C17H32N4O2.ClH/c1-18-14-9-12-21(13-10-14)16(22)8-5-11-19-17(23)20-15-6-3-2-4-7-15;/h14-15,18H,2-13H2,1H3,(H2,19,20,23);1H. The molecule has 0 radical (unpaired) electrons. The number of carbonyl (C=O) groups excluding carboxylic acids is 2. The molecular weight excluding hydrogens is 328 g/mol. The second-order valence-corrected chi connectivity index (χ2v) is 6.78. The Hall–Kier alpha value is -1.01. The predicted molar refractivity (Wildman–Crippen MR) is 98.6 cm³/mol. The summed E-state index contributed by atoms with van der Waals surface area (Å²) in [7, 11) is 1.98. The van der Waals surface area contributed by atoms with Crippen molar-refractivity contribution in [2.24, 2.45) is 0 Å². The van der Waals surface area contributed by atoms with Crippen molar-refractivity contribution in [2.45, 2.75) is 69.9 Å². The van der Waals surface area contributed by atoms with Crippen molar-refractivity contribution < 1.29 is 9.59 Å². The molecule has 2 rings (SSSR count). The molecule has 6 nitrogen and oxygen atoms in total. The molecule has 0 spiro atoms. The fraction of sp³-hybridized carbons (Fsp3) is 0.882. The van der Waals surface area contributed by atoms with E-state index in [0.717, 1.165) is 38.8 Å². The van der Waals surface area contributed by atoms with Gasteiger partial charge in [0.25, 0.3) is 0 Å². The summed E-state index contributed by atoms with van der Waals surface area (Å²) in [5.41, 5.74) is 0. The second-order valence-electron chi connectivity index (χ2n) is 6.78. The summed E-state index contributed by atoms with van der Waals surface area (Å²) >= 11 is 0. The van der Waals surface area contributed by atoms with Crippen molar-refractivity contribution in [3.63, 3.8) is 0 Å². The van der Waals surface area contributed by atoms with E-state index in [4.69, 9.17) is 0 Å². The molecule has 0 unspecified atom stereocenters. The van der Waals surface area contributed by atoms with Crippen LogP contribution in [0.15, 0.2) is 0 Å². The molecule has 3 amide bonds. The molecule has 1 saturated heterocycles. The van der Waals surface area contributed by atoms with Crippen molar-refractivity contribution in [1.82, 2.24) is 20.9 Å². The molecule has 2 fully saturated rings. The summed E-state index contributed by atoms with van der Waals surface area (Å²) in [5.74, 6) is 0.217. The fourth-order valence-corrected chi connectivity index (χ4v) is 3.50. The number of hydrogen-bond acceptors (Lipinski definition) is 3. The van der Waals surface area contributed by atoms with Gasteiger partial charge in [0.05, 0.1) is 0 Å². The molecule has 1 aliphatic carbocycles. The third-order valence-electron chi connectivity index (χ3n) is 5.05. The average molecular weight is 361 g/mol. The molecule has 140 valence electrons. The normalized spacial score (nSPS) is 19.5. The minimum atomic E-state index is -0.0841. The molecule has 0 aromatic heterocycles. The number of likely N-dealkylation sites (tertiary alicyclic amines) is 1. The van der Waals surface area contributed by atoms with Crippen LogP contribution in [0.2, 0.25) is 0 Å². The van der Waals surface area contributed by atoms with E-state index < -0.39 is 0 Å². The summed E-state index contributed by atoms with van der Waals surface area (Å²) in [5, 5.41) is 9.17. The van der Waals surface area contributed by atoms with Crippen molar-refractivity contribution in [2.75, 3.05) is 26.7 Å². The van der Waals surface area contributed by atoms with Gasteiger partial charge in [0.15, 0.2) is 0 Å². The number of amides is 3. The minimum absolute atomic E-state index is 0. The fourth-order valence-electron chi connectivity index (χ4n) is 3.50. The highest BCUT2D eigenvalue weighted by Gasteiger charge is 2.21. The molecule has 1 saturated carbocycles. The van der Waals surface area contributed by atoms with E-state index in [0.29, 0.717) is 31.5 Å². The van der Waals surface area contributed by atoms with E-state index in [9.17, 15) is 9.59 Å². The molecule has 2 aliphatic rings. The first kappa shape index (κ1) is 21.0. The molecule has 1 aliphatic heterocycles. The molecule has 0 atom stereocenters. The molecule has 3 N–H and O–H groups in total. The van der Waals surface area contributed by atoms with Crippen LogP contribution in [0.4, 0.5) is 4.79 Å². The Kier molecular flexibility index (Phi) is 10.1.